The molecule has 0 radical (unpaired) electrons. The Kier molecular flexibility index (Phi) is 6.72. The van der Waals surface area contributed by atoms with Gasteiger partial charge in [0.2, 0.25) is 0 Å². The number of urea groups is 1. The molecule has 0 heterocycles. The molecule has 0 fully saturated rings. The molecule has 2 amide bonds. The normalized spacial score (nSPS) is 11.4. The zero-order valence-electron chi connectivity index (χ0n) is 15.9. The first kappa shape index (κ1) is 19.4. The third kappa shape index (κ3) is 4.59. The second-order valence-corrected chi connectivity index (χ2v) is 5.83. The lowest BCUT2D eigenvalue weighted by Gasteiger charge is -2.20. The van der Waals surface area contributed by atoms with Crippen LogP contribution in [0, 0.1) is 6.92 Å². The molecule has 0 aliphatic rings. The van der Waals surface area contributed by atoms with E-state index < -0.39 is 0 Å². The number of benzene rings is 2. The van der Waals surface area contributed by atoms with E-state index in [4.69, 9.17) is 14.2 Å². The van der Waals surface area contributed by atoms with E-state index in [9.17, 15) is 4.79 Å². The van der Waals surface area contributed by atoms with Gasteiger partial charge < -0.3 is 24.8 Å². The Morgan fingerprint density at radius 1 is 1.08 bits per heavy atom. The molecule has 26 heavy (non-hydrogen) atoms. The fourth-order valence-corrected chi connectivity index (χ4v) is 2.69. The quantitative estimate of drug-likeness (QED) is 0.774. The van der Waals surface area contributed by atoms with E-state index in [0.29, 0.717) is 23.8 Å². The molecule has 2 aromatic rings. The van der Waals surface area contributed by atoms with Crippen LogP contribution in [0.15, 0.2) is 36.4 Å². The molecule has 0 aromatic heterocycles. The molecule has 0 aliphatic heterocycles. The van der Waals surface area contributed by atoms with Gasteiger partial charge in [0, 0.05) is 5.56 Å². The van der Waals surface area contributed by atoms with Gasteiger partial charge in [0.05, 0.1) is 26.9 Å². The standard InChI is InChI=1S/C20H26N2O4/c1-6-26-16-11-10-13(2)12-15(16)14(3)21-20(23)22-19-17(24-4)8-7-9-18(19)25-5/h7-12,14H,6H2,1-5H3,(H2,21,22,23). The van der Waals surface area contributed by atoms with E-state index in [1.807, 2.05) is 39.0 Å². The van der Waals surface area contributed by atoms with Crippen molar-refractivity contribution in [3.8, 4) is 17.2 Å². The van der Waals surface area contributed by atoms with Crippen LogP contribution in [0.5, 0.6) is 17.2 Å². The highest BCUT2D eigenvalue weighted by molar-refractivity contribution is 5.93. The fourth-order valence-electron chi connectivity index (χ4n) is 2.69. The molecule has 6 heteroatoms. The van der Waals surface area contributed by atoms with Crippen molar-refractivity contribution in [1.82, 2.24) is 5.32 Å². The lowest BCUT2D eigenvalue weighted by atomic mass is 10.0. The summed E-state index contributed by atoms with van der Waals surface area (Å²) in [5.74, 6) is 1.82. The number of rotatable bonds is 7. The van der Waals surface area contributed by atoms with Crippen molar-refractivity contribution in [1.29, 1.82) is 0 Å². The summed E-state index contributed by atoms with van der Waals surface area (Å²) in [5, 5.41) is 5.74. The average molecular weight is 358 g/mol. The van der Waals surface area contributed by atoms with Crippen LogP contribution in [-0.4, -0.2) is 26.9 Å². The molecule has 140 valence electrons. The number of methoxy groups -OCH3 is 2. The number of anilines is 1. The van der Waals surface area contributed by atoms with Gasteiger partial charge in [-0.2, -0.15) is 0 Å². The lowest BCUT2D eigenvalue weighted by Crippen LogP contribution is -2.31. The number of carbonyl (C=O) groups is 1. The molecule has 0 spiro atoms. The molecule has 2 N–H and O–H groups in total. The van der Waals surface area contributed by atoms with E-state index in [1.54, 1.807) is 32.4 Å². The van der Waals surface area contributed by atoms with Crippen molar-refractivity contribution < 1.29 is 19.0 Å². The third-order valence-corrected chi connectivity index (χ3v) is 3.95. The highest BCUT2D eigenvalue weighted by atomic mass is 16.5. The van der Waals surface area contributed by atoms with Crippen LogP contribution >= 0.6 is 0 Å². The highest BCUT2D eigenvalue weighted by Crippen LogP contribution is 2.34. The minimum atomic E-state index is -0.357. The zero-order valence-corrected chi connectivity index (χ0v) is 15.9. The number of ether oxygens (including phenoxy) is 3. The maximum absolute atomic E-state index is 12.5. The van der Waals surface area contributed by atoms with Crippen molar-refractivity contribution in [2.45, 2.75) is 26.8 Å². The summed E-state index contributed by atoms with van der Waals surface area (Å²) < 4.78 is 16.3. The Labute approximate surface area is 154 Å². The Morgan fingerprint density at radius 2 is 1.73 bits per heavy atom. The summed E-state index contributed by atoms with van der Waals surface area (Å²) in [5.41, 5.74) is 2.51. The fraction of sp³-hybridized carbons (Fsp3) is 0.350. The third-order valence-electron chi connectivity index (χ3n) is 3.95. The van der Waals surface area contributed by atoms with Crippen LogP contribution in [0.4, 0.5) is 10.5 Å². The molecule has 6 nitrogen and oxygen atoms in total. The van der Waals surface area contributed by atoms with Gasteiger partial charge in [-0.1, -0.05) is 23.8 Å². The maximum Gasteiger partial charge on any atom is 0.319 e. The predicted octanol–water partition coefficient (Wildman–Crippen LogP) is 4.29. The summed E-state index contributed by atoms with van der Waals surface area (Å²) in [6, 6.07) is 10.6. The molecule has 0 bridgehead atoms. The highest BCUT2D eigenvalue weighted by Gasteiger charge is 2.17. The Hall–Kier alpha value is -2.89. The number of para-hydroxylation sites is 1. The summed E-state index contributed by atoms with van der Waals surface area (Å²) in [6.45, 7) is 6.41. The number of carbonyl (C=O) groups excluding carboxylic acids is 1. The average Bonchev–Trinajstić information content (AvgIpc) is 2.63. The van der Waals surface area contributed by atoms with Crippen molar-refractivity contribution in [3.05, 3.63) is 47.5 Å². The molecule has 0 saturated heterocycles. The largest absolute Gasteiger partial charge is 0.494 e. The summed E-state index contributed by atoms with van der Waals surface area (Å²) in [4.78, 5) is 12.5. The summed E-state index contributed by atoms with van der Waals surface area (Å²) in [6.07, 6.45) is 0. The Bertz CT molecular complexity index is 739. The van der Waals surface area contributed by atoms with Gasteiger partial charge in [-0.05, 0) is 39.0 Å². The maximum atomic E-state index is 12.5. The topological polar surface area (TPSA) is 68.8 Å². The molecule has 2 aromatic carbocycles. The Morgan fingerprint density at radius 3 is 2.31 bits per heavy atom. The summed E-state index contributed by atoms with van der Waals surface area (Å²) >= 11 is 0. The number of nitrogens with one attached hydrogen (secondary N) is 2. The van der Waals surface area contributed by atoms with E-state index in [0.717, 1.165) is 16.9 Å². The lowest BCUT2D eigenvalue weighted by molar-refractivity contribution is 0.248. The van der Waals surface area contributed by atoms with Gasteiger partial charge in [-0.25, -0.2) is 4.79 Å². The van der Waals surface area contributed by atoms with Gasteiger partial charge in [-0.15, -0.1) is 0 Å². The molecule has 1 atom stereocenters. The van der Waals surface area contributed by atoms with E-state index in [1.165, 1.54) is 0 Å². The van der Waals surface area contributed by atoms with Crippen molar-refractivity contribution in [3.63, 3.8) is 0 Å². The van der Waals surface area contributed by atoms with Crippen LogP contribution in [0.25, 0.3) is 0 Å². The van der Waals surface area contributed by atoms with Crippen molar-refractivity contribution >= 4 is 11.7 Å². The van der Waals surface area contributed by atoms with Crippen molar-refractivity contribution in [2.24, 2.45) is 0 Å². The van der Waals surface area contributed by atoms with Crippen LogP contribution in [0.3, 0.4) is 0 Å². The number of amides is 2. The molecular formula is C20H26N2O4. The number of hydrogen-bond donors (Lipinski definition) is 2. The Balaban J connectivity index is 2.17. The van der Waals surface area contributed by atoms with Gasteiger partial charge in [0.15, 0.2) is 0 Å². The van der Waals surface area contributed by atoms with E-state index in [2.05, 4.69) is 10.6 Å². The minimum Gasteiger partial charge on any atom is -0.494 e. The van der Waals surface area contributed by atoms with Gasteiger partial charge in [-0.3, -0.25) is 0 Å². The zero-order chi connectivity index (χ0) is 19.1. The second-order valence-electron chi connectivity index (χ2n) is 5.83. The minimum absolute atomic E-state index is 0.239. The molecular weight excluding hydrogens is 332 g/mol. The number of hydrogen-bond acceptors (Lipinski definition) is 4. The SMILES string of the molecule is CCOc1ccc(C)cc1C(C)NC(=O)Nc1c(OC)cccc1OC. The first-order valence-electron chi connectivity index (χ1n) is 8.52. The molecule has 2 rings (SSSR count). The first-order valence-corrected chi connectivity index (χ1v) is 8.52. The second kappa shape index (κ2) is 8.99. The van der Waals surface area contributed by atoms with Crippen LogP contribution in [-0.2, 0) is 0 Å². The monoisotopic (exact) mass is 358 g/mol. The van der Waals surface area contributed by atoms with E-state index >= 15 is 0 Å². The smallest absolute Gasteiger partial charge is 0.319 e. The van der Waals surface area contributed by atoms with Gasteiger partial charge in [0.1, 0.15) is 22.9 Å². The van der Waals surface area contributed by atoms with Gasteiger partial charge in [0.25, 0.3) is 0 Å². The molecule has 1 unspecified atom stereocenters. The van der Waals surface area contributed by atoms with Gasteiger partial charge >= 0.3 is 6.03 Å². The first-order chi connectivity index (χ1) is 12.5. The van der Waals surface area contributed by atoms with Crippen LogP contribution in [0.2, 0.25) is 0 Å². The summed E-state index contributed by atoms with van der Waals surface area (Å²) in [7, 11) is 3.09. The van der Waals surface area contributed by atoms with Crippen LogP contribution < -0.4 is 24.8 Å². The van der Waals surface area contributed by atoms with E-state index in [-0.39, 0.29) is 12.1 Å². The number of aryl methyl sites for hydroxylation is 1. The van der Waals surface area contributed by atoms with Crippen molar-refractivity contribution in [2.75, 3.05) is 26.1 Å². The van der Waals surface area contributed by atoms with Crippen LogP contribution in [0.1, 0.15) is 31.0 Å². The molecule has 0 aliphatic carbocycles. The molecule has 0 saturated carbocycles. The predicted molar refractivity (Wildman–Crippen MR) is 102 cm³/mol.